The summed E-state index contributed by atoms with van der Waals surface area (Å²) in [5.74, 6) is 0. The first-order chi connectivity index (χ1) is 5.74. The van der Waals surface area contributed by atoms with Gasteiger partial charge < -0.3 is 9.28 Å². The molecule has 0 radical (unpaired) electrons. The summed E-state index contributed by atoms with van der Waals surface area (Å²) in [6.45, 7) is 1.94. The molecule has 0 aliphatic heterocycles. The molecule has 0 heterocycles. The predicted molar refractivity (Wildman–Crippen MR) is 47.9 cm³/mol. The van der Waals surface area contributed by atoms with Crippen LogP contribution < -0.4 is 29.6 Å². The van der Waals surface area contributed by atoms with Crippen LogP contribution in [0.15, 0.2) is 29.2 Å². The fourth-order valence-corrected chi connectivity index (χ4v) is 1.37. The van der Waals surface area contributed by atoms with Crippen LogP contribution in [0.25, 0.3) is 5.00 Å². The van der Waals surface area contributed by atoms with E-state index in [0.717, 1.165) is 5.56 Å². The Balaban J connectivity index is 0.00000144. The first kappa shape index (κ1) is 13.6. The topological polar surface area (TPSA) is 40.4 Å². The van der Waals surface area contributed by atoms with E-state index in [4.69, 9.17) is 11.8 Å². The number of nitrogens with zero attached hydrogens (tertiary/aromatic N) is 1. The minimum Gasteiger partial charge on any atom is -0.432 e. The smallest absolute Gasteiger partial charge is 0.432 e. The van der Waals surface area contributed by atoms with Crippen molar-refractivity contribution in [3.8, 4) is 0 Å². The van der Waals surface area contributed by atoms with Crippen LogP contribution >= 0.6 is 11.8 Å². The number of benzene rings is 1. The van der Waals surface area contributed by atoms with Crippen molar-refractivity contribution in [1.82, 2.24) is 0 Å². The summed E-state index contributed by atoms with van der Waals surface area (Å²) >= 11 is 3.30. The Labute approximate surface area is 107 Å². The fraction of sp³-hybridized carbons (Fsp3) is 0.143. The maximum Gasteiger partial charge on any atom is 1.00 e. The molecule has 1 unspecified atom stereocenters. The van der Waals surface area contributed by atoms with Crippen LogP contribution in [0.4, 0.5) is 0 Å². The molecule has 1 aromatic rings. The van der Waals surface area contributed by atoms with Crippen molar-refractivity contribution in [1.29, 1.82) is 0 Å². The molecule has 3 nitrogen and oxygen atoms in total. The maximum absolute atomic E-state index is 11.1. The summed E-state index contributed by atoms with van der Waals surface area (Å²) < 4.78 is 15.4. The first-order valence-corrected chi connectivity index (χ1v) is 4.62. The molecule has 0 fully saturated rings. The van der Waals surface area contributed by atoms with E-state index in [0.29, 0.717) is 4.90 Å². The summed E-state index contributed by atoms with van der Waals surface area (Å²) in [7, 11) is 0. The van der Waals surface area contributed by atoms with Gasteiger partial charge in [-0.3, -0.25) is 0 Å². The average molecular weight is 228 g/mol. The van der Waals surface area contributed by atoms with Gasteiger partial charge >= 0.3 is 29.6 Å². The van der Waals surface area contributed by atoms with Crippen molar-refractivity contribution in [2.24, 2.45) is 0 Å². The van der Waals surface area contributed by atoms with E-state index in [1.165, 1.54) is 0 Å². The molecule has 13 heavy (non-hydrogen) atoms. The third-order valence-electron chi connectivity index (χ3n) is 1.31. The van der Waals surface area contributed by atoms with Gasteiger partial charge in [0.15, 0.2) is 11.1 Å². The van der Waals surface area contributed by atoms with Crippen molar-refractivity contribution in [3.63, 3.8) is 0 Å². The second-order valence-corrected chi connectivity index (χ2v) is 3.42. The van der Waals surface area contributed by atoms with Gasteiger partial charge in [-0.05, 0) is 19.1 Å². The Morgan fingerprint density at radius 2 is 1.92 bits per heavy atom. The van der Waals surface area contributed by atoms with E-state index in [-0.39, 0.29) is 29.6 Å². The minimum absolute atomic E-state index is 0. The molecule has 0 bridgehead atoms. The zero-order valence-corrected chi connectivity index (χ0v) is 10.9. The Morgan fingerprint density at radius 3 is 2.38 bits per heavy atom. The average Bonchev–Trinajstić information content (AvgIpc) is 2.06. The molecule has 1 aromatic carbocycles. The summed E-state index contributed by atoms with van der Waals surface area (Å²) in [6.07, 6.45) is 0. The van der Waals surface area contributed by atoms with Gasteiger partial charge in [-0.25, -0.2) is 16.0 Å². The Hall–Kier alpha value is 0.580. The molecule has 0 saturated heterocycles. The van der Waals surface area contributed by atoms with E-state index < -0.39 is 11.1 Å². The summed E-state index contributed by atoms with van der Waals surface area (Å²) in [5.41, 5.74) is 1.10. The van der Waals surface area contributed by atoms with E-state index in [9.17, 15) is 4.21 Å². The van der Waals surface area contributed by atoms with Crippen LogP contribution in [0.5, 0.6) is 0 Å². The van der Waals surface area contributed by atoms with Gasteiger partial charge in [0.25, 0.3) is 0 Å². The zero-order chi connectivity index (χ0) is 8.97. The van der Waals surface area contributed by atoms with E-state index in [2.05, 4.69) is 9.28 Å². The molecule has 0 aliphatic rings. The summed E-state index contributed by atoms with van der Waals surface area (Å²) in [4.78, 5) is 3.35. The van der Waals surface area contributed by atoms with Crippen LogP contribution in [0.1, 0.15) is 5.56 Å². The standard InChI is InChI=1S/C7H7ClNO2S.Na/c1-6-2-4-7(5-3-6)12(10)11-9-8;/h2-5H,1H3;/q-1;+1. The second-order valence-electron chi connectivity index (χ2n) is 2.19. The first-order valence-electron chi connectivity index (χ1n) is 3.21. The SMILES string of the molecule is Cc1ccc(S(=O)O[N-]Cl)cc1.[Na+]. The molecule has 66 valence electrons. The molecule has 1 rings (SSSR count). The molecular formula is C7H7ClNNaO2S. The Kier molecular flexibility index (Phi) is 7.26. The van der Waals surface area contributed by atoms with Crippen molar-refractivity contribution in [2.45, 2.75) is 11.8 Å². The molecule has 0 saturated carbocycles. The quantitative estimate of drug-likeness (QED) is 0.515. The van der Waals surface area contributed by atoms with Crippen LogP contribution in [-0.4, -0.2) is 4.21 Å². The minimum atomic E-state index is -1.59. The van der Waals surface area contributed by atoms with Crippen molar-refractivity contribution in [2.75, 3.05) is 0 Å². The molecule has 0 amide bonds. The third-order valence-corrected chi connectivity index (χ3v) is 2.33. The van der Waals surface area contributed by atoms with Gasteiger partial charge in [-0.2, -0.15) is 0 Å². The Morgan fingerprint density at radius 1 is 1.38 bits per heavy atom. The van der Waals surface area contributed by atoms with Crippen LogP contribution in [0, 0.1) is 6.92 Å². The normalized spacial score (nSPS) is 11.8. The summed E-state index contributed by atoms with van der Waals surface area (Å²) in [6, 6.07) is 7.08. The van der Waals surface area contributed by atoms with Crippen molar-refractivity contribution in [3.05, 3.63) is 34.8 Å². The van der Waals surface area contributed by atoms with Crippen LogP contribution in [0.2, 0.25) is 0 Å². The molecule has 0 aliphatic carbocycles. The predicted octanol–water partition coefficient (Wildman–Crippen LogP) is -0.519. The number of aryl methyl sites for hydroxylation is 1. The number of rotatable bonds is 3. The largest absolute Gasteiger partial charge is 1.00 e. The molecule has 0 N–H and O–H groups in total. The molecule has 1 atom stereocenters. The van der Waals surface area contributed by atoms with Gasteiger partial charge in [0.1, 0.15) is 0 Å². The molecular weight excluding hydrogens is 221 g/mol. The third kappa shape index (κ3) is 4.56. The van der Waals surface area contributed by atoms with E-state index in [1.807, 2.05) is 19.1 Å². The maximum atomic E-state index is 11.1. The van der Waals surface area contributed by atoms with Gasteiger partial charge in [0.2, 0.25) is 0 Å². The molecule has 0 aromatic heterocycles. The van der Waals surface area contributed by atoms with Gasteiger partial charge in [0, 0.05) is 0 Å². The van der Waals surface area contributed by atoms with Crippen LogP contribution in [-0.2, 0) is 15.4 Å². The van der Waals surface area contributed by atoms with Gasteiger partial charge in [-0.15, -0.1) is 0 Å². The fourth-order valence-electron chi connectivity index (χ4n) is 0.718. The van der Waals surface area contributed by atoms with Gasteiger partial charge in [0.05, 0.1) is 4.90 Å². The zero-order valence-electron chi connectivity index (χ0n) is 7.36. The number of hydrogen-bond donors (Lipinski definition) is 0. The second kappa shape index (κ2) is 6.95. The van der Waals surface area contributed by atoms with E-state index >= 15 is 0 Å². The molecule has 6 heteroatoms. The number of hydrogen-bond acceptors (Lipinski definition) is 2. The van der Waals surface area contributed by atoms with Crippen molar-refractivity contribution < 1.29 is 38.0 Å². The monoisotopic (exact) mass is 227 g/mol. The molecule has 0 spiro atoms. The van der Waals surface area contributed by atoms with Crippen LogP contribution in [0.3, 0.4) is 0 Å². The van der Waals surface area contributed by atoms with E-state index in [1.54, 1.807) is 12.1 Å². The van der Waals surface area contributed by atoms with Gasteiger partial charge in [-0.1, -0.05) is 17.7 Å². The summed E-state index contributed by atoms with van der Waals surface area (Å²) in [5, 5.41) is 0. The number of halogens is 1. The Bertz CT molecular complexity index is 280. The van der Waals surface area contributed by atoms with Crippen molar-refractivity contribution >= 4 is 22.9 Å².